The summed E-state index contributed by atoms with van der Waals surface area (Å²) in [5.41, 5.74) is 0.889. The number of rotatable bonds is 3. The van der Waals surface area contributed by atoms with Gasteiger partial charge in [-0.05, 0) is 25.2 Å². The molecule has 0 saturated heterocycles. The Labute approximate surface area is 93.1 Å². The Hall–Kier alpha value is -0.710. The van der Waals surface area contributed by atoms with Crippen LogP contribution in [0.5, 0.6) is 0 Å². The minimum atomic E-state index is -0.208. The number of oxime groups is 1. The maximum absolute atomic E-state index is 11.0. The fraction of sp³-hybridized carbons (Fsp3) is 0.800. The van der Waals surface area contributed by atoms with E-state index in [4.69, 9.17) is 5.21 Å². The predicted molar refractivity (Wildman–Crippen MR) is 58.3 cm³/mol. The van der Waals surface area contributed by atoms with Crippen LogP contribution in [0.4, 0.5) is 0 Å². The van der Waals surface area contributed by atoms with E-state index < -0.39 is 0 Å². The molecule has 1 N–H and O–H groups in total. The van der Waals surface area contributed by atoms with Gasteiger partial charge in [-0.1, -0.05) is 5.16 Å². The second-order valence-corrected chi connectivity index (χ2v) is 5.23. The molecule has 0 aromatic heterocycles. The van der Waals surface area contributed by atoms with Crippen molar-refractivity contribution in [1.82, 2.24) is 0 Å². The molecule has 2 saturated carbocycles. The lowest BCUT2D eigenvalue weighted by Crippen LogP contribution is -2.26. The van der Waals surface area contributed by atoms with Crippen molar-refractivity contribution in [1.29, 1.82) is 0 Å². The van der Waals surface area contributed by atoms with Crippen LogP contribution in [0.25, 0.3) is 0 Å². The molecule has 0 spiro atoms. The third kappa shape index (κ3) is 1.97. The molecule has 84 valence electrons. The summed E-state index contributed by atoms with van der Waals surface area (Å²) in [6, 6.07) is 0. The third-order valence-corrected chi connectivity index (χ3v) is 4.72. The normalized spacial score (nSPS) is 36.1. The van der Waals surface area contributed by atoms with E-state index in [9.17, 15) is 4.79 Å². The minimum Gasteiger partial charge on any atom is -0.468 e. The molecule has 0 aromatic carbocycles. The van der Waals surface area contributed by atoms with Gasteiger partial charge >= 0.3 is 5.97 Å². The lowest BCUT2D eigenvalue weighted by atomic mass is 9.98. The number of esters is 1. The van der Waals surface area contributed by atoms with Crippen LogP contribution in [0.15, 0.2) is 5.16 Å². The Morgan fingerprint density at radius 2 is 2.47 bits per heavy atom. The zero-order valence-corrected chi connectivity index (χ0v) is 9.50. The van der Waals surface area contributed by atoms with Crippen molar-refractivity contribution < 1.29 is 14.7 Å². The summed E-state index contributed by atoms with van der Waals surface area (Å²) in [5, 5.41) is 12.6. The molecule has 4 nitrogen and oxygen atoms in total. The van der Waals surface area contributed by atoms with Gasteiger partial charge in [-0.25, -0.2) is 0 Å². The van der Waals surface area contributed by atoms with Gasteiger partial charge < -0.3 is 9.94 Å². The van der Waals surface area contributed by atoms with Gasteiger partial charge in [-0.3, -0.25) is 4.79 Å². The molecule has 2 bridgehead atoms. The number of nitrogens with zero attached hydrogens (tertiary/aromatic N) is 1. The maximum Gasteiger partial charge on any atom is 0.315 e. The van der Waals surface area contributed by atoms with Crippen molar-refractivity contribution >= 4 is 23.4 Å². The van der Waals surface area contributed by atoms with Crippen LogP contribution >= 0.6 is 11.8 Å². The number of ether oxygens (including phenoxy) is 1. The first-order chi connectivity index (χ1) is 7.26. The van der Waals surface area contributed by atoms with Crippen molar-refractivity contribution in [2.75, 3.05) is 12.9 Å². The van der Waals surface area contributed by atoms with Gasteiger partial charge in [-0.15, -0.1) is 11.8 Å². The number of thioether (sulfide) groups is 1. The molecule has 5 heteroatoms. The highest BCUT2D eigenvalue weighted by molar-refractivity contribution is 8.01. The van der Waals surface area contributed by atoms with Crippen LogP contribution in [0.1, 0.15) is 19.3 Å². The molecule has 15 heavy (non-hydrogen) atoms. The number of methoxy groups -OCH3 is 1. The van der Waals surface area contributed by atoms with Crippen LogP contribution < -0.4 is 0 Å². The van der Waals surface area contributed by atoms with Crippen molar-refractivity contribution in [3.63, 3.8) is 0 Å². The number of fused-ring (bicyclic) bond motifs is 2. The molecule has 3 unspecified atom stereocenters. The Morgan fingerprint density at radius 1 is 1.67 bits per heavy atom. The summed E-state index contributed by atoms with van der Waals surface area (Å²) in [5.74, 6) is 1.19. The van der Waals surface area contributed by atoms with Crippen LogP contribution in [0, 0.1) is 11.8 Å². The van der Waals surface area contributed by atoms with Crippen LogP contribution in [-0.2, 0) is 9.53 Å². The van der Waals surface area contributed by atoms with Gasteiger partial charge in [0, 0.05) is 5.92 Å². The fourth-order valence-corrected chi connectivity index (χ4v) is 3.97. The van der Waals surface area contributed by atoms with E-state index in [0.29, 0.717) is 17.6 Å². The fourth-order valence-electron chi connectivity index (χ4n) is 2.61. The number of carbonyl (C=O) groups is 1. The third-order valence-electron chi connectivity index (χ3n) is 3.34. The van der Waals surface area contributed by atoms with Crippen LogP contribution in [-0.4, -0.2) is 35.0 Å². The second-order valence-electron chi connectivity index (χ2n) is 4.10. The Bertz CT molecular complexity index is 292. The predicted octanol–water partition coefficient (Wildman–Crippen LogP) is 1.52. The number of hydrogen-bond acceptors (Lipinski definition) is 5. The van der Waals surface area contributed by atoms with Gasteiger partial charge in [-0.2, -0.15) is 0 Å². The Morgan fingerprint density at radius 3 is 3.13 bits per heavy atom. The minimum absolute atomic E-state index is 0.208. The topological polar surface area (TPSA) is 58.9 Å². The molecule has 0 aliphatic heterocycles. The summed E-state index contributed by atoms with van der Waals surface area (Å²) in [6.45, 7) is 0. The highest BCUT2D eigenvalue weighted by Crippen LogP contribution is 2.47. The molecule has 3 atom stereocenters. The first-order valence-electron chi connectivity index (χ1n) is 5.16. The van der Waals surface area contributed by atoms with E-state index in [0.717, 1.165) is 18.6 Å². The summed E-state index contributed by atoms with van der Waals surface area (Å²) in [7, 11) is 1.39. The highest BCUT2D eigenvalue weighted by atomic mass is 32.2. The van der Waals surface area contributed by atoms with Gasteiger partial charge in [0.05, 0.1) is 23.8 Å². The van der Waals surface area contributed by atoms with Crippen LogP contribution in [0.2, 0.25) is 0 Å². The van der Waals surface area contributed by atoms with E-state index in [1.165, 1.54) is 13.5 Å². The molecule has 2 fully saturated rings. The van der Waals surface area contributed by atoms with Crippen molar-refractivity contribution in [3.05, 3.63) is 0 Å². The summed E-state index contributed by atoms with van der Waals surface area (Å²) >= 11 is 1.55. The molecule has 2 rings (SSSR count). The zero-order valence-electron chi connectivity index (χ0n) is 8.68. The van der Waals surface area contributed by atoms with E-state index in [-0.39, 0.29) is 11.2 Å². The van der Waals surface area contributed by atoms with Gasteiger partial charge in [0.15, 0.2) is 0 Å². The lowest BCUT2D eigenvalue weighted by molar-refractivity contribution is -0.137. The Balaban J connectivity index is 1.94. The summed E-state index contributed by atoms with van der Waals surface area (Å²) in [4.78, 5) is 11.0. The molecular formula is C10H15NO3S. The smallest absolute Gasteiger partial charge is 0.315 e. The molecule has 2 aliphatic rings. The molecular weight excluding hydrogens is 214 g/mol. The second kappa shape index (κ2) is 4.43. The first-order valence-corrected chi connectivity index (χ1v) is 6.21. The molecule has 0 amide bonds. The standard InChI is InChI=1S/C10H15NO3S/c1-14-8(12)5-15-10-7-3-2-6(4-7)9(10)11-13/h6-7,10,13H,2-5H2,1H3/b11-9-. The average molecular weight is 229 g/mol. The van der Waals surface area contributed by atoms with Gasteiger partial charge in [0.25, 0.3) is 0 Å². The number of carbonyl (C=O) groups excluding carboxylic acids is 1. The highest BCUT2D eigenvalue weighted by Gasteiger charge is 2.45. The molecule has 2 aliphatic carbocycles. The average Bonchev–Trinajstić information content (AvgIpc) is 2.85. The SMILES string of the molecule is COC(=O)CSC1/C(=N\O)C2CCC1C2. The van der Waals surface area contributed by atoms with Crippen LogP contribution in [0.3, 0.4) is 0 Å². The van der Waals surface area contributed by atoms with E-state index >= 15 is 0 Å². The van der Waals surface area contributed by atoms with Crippen molar-refractivity contribution in [3.8, 4) is 0 Å². The van der Waals surface area contributed by atoms with E-state index in [1.807, 2.05) is 0 Å². The summed E-state index contributed by atoms with van der Waals surface area (Å²) in [6.07, 6.45) is 3.46. The van der Waals surface area contributed by atoms with E-state index in [2.05, 4.69) is 9.89 Å². The monoisotopic (exact) mass is 229 g/mol. The number of hydrogen-bond donors (Lipinski definition) is 1. The quantitative estimate of drug-likeness (QED) is 0.453. The first kappa shape index (κ1) is 10.8. The maximum atomic E-state index is 11.0. The molecule has 0 radical (unpaired) electrons. The molecule has 0 aromatic rings. The Kier molecular flexibility index (Phi) is 3.19. The van der Waals surface area contributed by atoms with Crippen molar-refractivity contribution in [2.45, 2.75) is 24.5 Å². The molecule has 0 heterocycles. The lowest BCUT2D eigenvalue weighted by Gasteiger charge is -2.21. The van der Waals surface area contributed by atoms with Gasteiger partial charge in [0.1, 0.15) is 0 Å². The van der Waals surface area contributed by atoms with Crippen molar-refractivity contribution in [2.24, 2.45) is 17.0 Å². The largest absolute Gasteiger partial charge is 0.468 e. The zero-order chi connectivity index (χ0) is 10.8. The van der Waals surface area contributed by atoms with E-state index in [1.54, 1.807) is 11.8 Å². The summed E-state index contributed by atoms with van der Waals surface area (Å²) < 4.78 is 4.60. The van der Waals surface area contributed by atoms with Gasteiger partial charge in [0.2, 0.25) is 0 Å².